The molecule has 26 heavy (non-hydrogen) atoms. The summed E-state index contributed by atoms with van der Waals surface area (Å²) in [7, 11) is 1.39. The van der Waals surface area contributed by atoms with E-state index < -0.39 is 24.5 Å². The number of nitrogens with zero attached hydrogens (tertiary/aromatic N) is 2. The van der Waals surface area contributed by atoms with Gasteiger partial charge in [-0.1, -0.05) is 0 Å². The Hall–Kier alpha value is -1.28. The first-order valence-corrected chi connectivity index (χ1v) is 9.28. The molecule has 1 saturated heterocycles. The average molecular weight is 376 g/mol. The normalized spacial score (nSPS) is 29.9. The standard InChI is InChI=1S/C18H30F2N2O4/c1-18(25)5-3-13(4-6-18)9-16(23)21-7-8-22(17(24)12-26-2)14(11-21)10-15(19)20/h13-15,25H,3-12H2,1-2H3. The molecule has 1 atom stereocenters. The third-order valence-electron chi connectivity index (χ3n) is 5.52. The fourth-order valence-electron chi connectivity index (χ4n) is 3.90. The van der Waals surface area contributed by atoms with Gasteiger partial charge in [0.1, 0.15) is 6.61 Å². The van der Waals surface area contributed by atoms with Crippen molar-refractivity contribution in [1.29, 1.82) is 0 Å². The van der Waals surface area contributed by atoms with Crippen LogP contribution in [0, 0.1) is 5.92 Å². The van der Waals surface area contributed by atoms with Gasteiger partial charge in [-0.05, 0) is 38.5 Å². The lowest BCUT2D eigenvalue weighted by Crippen LogP contribution is -2.57. The second-order valence-corrected chi connectivity index (χ2v) is 7.78. The largest absolute Gasteiger partial charge is 0.390 e. The molecule has 2 aliphatic rings. The molecule has 0 aromatic heterocycles. The first-order chi connectivity index (χ1) is 12.2. The molecule has 1 aliphatic heterocycles. The van der Waals surface area contributed by atoms with Crippen LogP contribution >= 0.6 is 0 Å². The number of hydrogen-bond donors (Lipinski definition) is 1. The Morgan fingerprint density at radius 3 is 2.46 bits per heavy atom. The minimum Gasteiger partial charge on any atom is -0.390 e. The number of aliphatic hydroxyl groups is 1. The van der Waals surface area contributed by atoms with Gasteiger partial charge in [-0.2, -0.15) is 0 Å². The van der Waals surface area contributed by atoms with Gasteiger partial charge in [0.25, 0.3) is 0 Å². The quantitative estimate of drug-likeness (QED) is 0.765. The van der Waals surface area contributed by atoms with Crippen LogP contribution in [0.4, 0.5) is 8.78 Å². The van der Waals surface area contributed by atoms with Crippen LogP contribution in [-0.4, -0.2) is 78.1 Å². The first-order valence-electron chi connectivity index (χ1n) is 9.28. The Morgan fingerprint density at radius 1 is 1.23 bits per heavy atom. The monoisotopic (exact) mass is 376 g/mol. The maximum atomic E-state index is 12.9. The van der Waals surface area contributed by atoms with Gasteiger partial charge in [-0.15, -0.1) is 0 Å². The van der Waals surface area contributed by atoms with E-state index in [1.54, 1.807) is 4.90 Å². The topological polar surface area (TPSA) is 70.1 Å². The maximum Gasteiger partial charge on any atom is 0.248 e. The second kappa shape index (κ2) is 9.08. The molecule has 2 amide bonds. The Bertz CT molecular complexity index is 492. The Balaban J connectivity index is 1.91. The molecule has 1 aliphatic carbocycles. The SMILES string of the molecule is COCC(=O)N1CCN(C(=O)CC2CCC(C)(O)CC2)CC1CC(F)F. The second-order valence-electron chi connectivity index (χ2n) is 7.78. The van der Waals surface area contributed by atoms with Crippen LogP contribution in [0.25, 0.3) is 0 Å². The van der Waals surface area contributed by atoms with E-state index in [1.165, 1.54) is 12.0 Å². The highest BCUT2D eigenvalue weighted by molar-refractivity contribution is 5.79. The smallest absolute Gasteiger partial charge is 0.248 e. The van der Waals surface area contributed by atoms with E-state index in [-0.39, 0.29) is 37.4 Å². The average Bonchev–Trinajstić information content (AvgIpc) is 2.56. The Kier molecular flexibility index (Phi) is 7.34. The van der Waals surface area contributed by atoms with Gasteiger partial charge >= 0.3 is 0 Å². The van der Waals surface area contributed by atoms with E-state index in [1.807, 2.05) is 6.92 Å². The Morgan fingerprint density at radius 2 is 1.88 bits per heavy atom. The summed E-state index contributed by atoms with van der Waals surface area (Å²) in [5.74, 6) is -0.140. The van der Waals surface area contributed by atoms with Crippen LogP contribution in [0.2, 0.25) is 0 Å². The van der Waals surface area contributed by atoms with Crippen LogP contribution in [0.15, 0.2) is 0 Å². The van der Waals surface area contributed by atoms with Crippen molar-refractivity contribution in [3.8, 4) is 0 Å². The van der Waals surface area contributed by atoms with Crippen molar-refractivity contribution in [3.63, 3.8) is 0 Å². The van der Waals surface area contributed by atoms with Crippen LogP contribution < -0.4 is 0 Å². The number of methoxy groups -OCH3 is 1. The number of ether oxygens (including phenoxy) is 1. The summed E-state index contributed by atoms with van der Waals surface area (Å²) < 4.78 is 30.7. The molecular formula is C18H30F2N2O4. The summed E-state index contributed by atoms with van der Waals surface area (Å²) >= 11 is 0. The number of amides is 2. The minimum absolute atomic E-state index is 0.0466. The zero-order chi connectivity index (χ0) is 19.3. The first kappa shape index (κ1) is 21.0. The number of carbonyl (C=O) groups is 2. The van der Waals surface area contributed by atoms with Crippen molar-refractivity contribution in [2.75, 3.05) is 33.4 Å². The number of hydrogen-bond acceptors (Lipinski definition) is 4. The van der Waals surface area contributed by atoms with Crippen molar-refractivity contribution in [3.05, 3.63) is 0 Å². The van der Waals surface area contributed by atoms with Crippen LogP contribution in [0.5, 0.6) is 0 Å². The zero-order valence-electron chi connectivity index (χ0n) is 15.6. The summed E-state index contributed by atoms with van der Waals surface area (Å²) in [5.41, 5.74) is -0.644. The molecule has 0 bridgehead atoms. The van der Waals surface area contributed by atoms with Gasteiger partial charge in [0, 0.05) is 39.6 Å². The molecule has 1 N–H and O–H groups in total. The third-order valence-corrected chi connectivity index (χ3v) is 5.52. The zero-order valence-corrected chi connectivity index (χ0v) is 15.6. The van der Waals surface area contributed by atoms with Gasteiger partial charge in [0.2, 0.25) is 18.2 Å². The molecule has 0 aromatic carbocycles. The van der Waals surface area contributed by atoms with Crippen molar-refractivity contribution >= 4 is 11.8 Å². The summed E-state index contributed by atoms with van der Waals surface area (Å²) in [4.78, 5) is 27.7. The van der Waals surface area contributed by atoms with Crippen LogP contribution in [-0.2, 0) is 14.3 Å². The lowest BCUT2D eigenvalue weighted by molar-refractivity contribution is -0.147. The molecule has 1 saturated carbocycles. The number of alkyl halides is 2. The number of carbonyl (C=O) groups excluding carboxylic acids is 2. The number of rotatable bonds is 6. The van der Waals surface area contributed by atoms with Gasteiger partial charge < -0.3 is 19.6 Å². The highest BCUT2D eigenvalue weighted by Crippen LogP contribution is 2.33. The fraction of sp³-hybridized carbons (Fsp3) is 0.889. The van der Waals surface area contributed by atoms with E-state index in [9.17, 15) is 23.5 Å². The molecule has 2 fully saturated rings. The molecule has 8 heteroatoms. The van der Waals surface area contributed by atoms with Crippen LogP contribution in [0.1, 0.15) is 45.4 Å². The highest BCUT2D eigenvalue weighted by Gasteiger charge is 2.35. The van der Waals surface area contributed by atoms with Crippen LogP contribution in [0.3, 0.4) is 0 Å². The van der Waals surface area contributed by atoms with E-state index >= 15 is 0 Å². The van der Waals surface area contributed by atoms with E-state index in [0.29, 0.717) is 25.8 Å². The molecule has 150 valence electrons. The lowest BCUT2D eigenvalue weighted by atomic mass is 9.78. The lowest BCUT2D eigenvalue weighted by Gasteiger charge is -2.42. The maximum absolute atomic E-state index is 12.9. The van der Waals surface area contributed by atoms with Crippen molar-refractivity contribution < 1.29 is 28.2 Å². The van der Waals surface area contributed by atoms with E-state index in [4.69, 9.17) is 4.74 Å². The van der Waals surface area contributed by atoms with Crippen molar-refractivity contribution in [1.82, 2.24) is 9.80 Å². The molecule has 2 rings (SSSR count). The highest BCUT2D eigenvalue weighted by atomic mass is 19.3. The summed E-state index contributed by atoms with van der Waals surface area (Å²) in [5, 5.41) is 10.0. The fourth-order valence-corrected chi connectivity index (χ4v) is 3.90. The predicted molar refractivity (Wildman–Crippen MR) is 91.8 cm³/mol. The number of piperazine rings is 1. The van der Waals surface area contributed by atoms with Gasteiger partial charge in [0.15, 0.2) is 0 Å². The molecule has 1 heterocycles. The van der Waals surface area contributed by atoms with Gasteiger partial charge in [-0.25, -0.2) is 8.78 Å². The third kappa shape index (κ3) is 5.87. The molecule has 6 nitrogen and oxygen atoms in total. The molecule has 1 unspecified atom stereocenters. The molecule has 0 radical (unpaired) electrons. The van der Waals surface area contributed by atoms with E-state index in [0.717, 1.165) is 12.8 Å². The summed E-state index contributed by atoms with van der Waals surface area (Å²) in [6.07, 6.45) is 0.358. The predicted octanol–water partition coefficient (Wildman–Crippen LogP) is 1.66. The molecule has 0 spiro atoms. The molecule has 0 aromatic rings. The molecular weight excluding hydrogens is 346 g/mol. The Labute approximate surface area is 153 Å². The van der Waals surface area contributed by atoms with Crippen molar-refractivity contribution in [2.45, 2.75) is 63.5 Å². The van der Waals surface area contributed by atoms with E-state index in [2.05, 4.69) is 0 Å². The summed E-state index contributed by atoms with van der Waals surface area (Å²) in [6, 6.07) is -0.678. The number of halogens is 2. The van der Waals surface area contributed by atoms with Gasteiger partial charge in [0.05, 0.1) is 11.6 Å². The van der Waals surface area contributed by atoms with Gasteiger partial charge in [-0.3, -0.25) is 9.59 Å². The minimum atomic E-state index is -2.53. The summed E-state index contributed by atoms with van der Waals surface area (Å²) in [6.45, 7) is 2.43. The van der Waals surface area contributed by atoms with Crippen molar-refractivity contribution in [2.24, 2.45) is 5.92 Å².